The molecule has 0 saturated heterocycles. The van der Waals surface area contributed by atoms with Gasteiger partial charge in [-0.15, -0.1) is 16.1 Å². The highest BCUT2D eigenvalue weighted by atomic mass is 32.2. The monoisotopic (exact) mass is 246 g/mol. The van der Waals surface area contributed by atoms with Crippen molar-refractivity contribution in [1.29, 1.82) is 0 Å². The van der Waals surface area contributed by atoms with E-state index < -0.39 is 11.4 Å². The smallest absolute Gasteiger partial charge is 0.136 e. The minimum atomic E-state index is -1.04. The van der Waals surface area contributed by atoms with E-state index in [1.165, 1.54) is 0 Å². The lowest BCUT2D eigenvalue weighted by atomic mass is 10.2. The fraction of sp³-hybridized carbons (Fsp3) is 0.700. The standard InChI is InChI=1S/C10H18N2OS2/c1-5-8(9-6-14-7-11-9)12-15(13)10(2,3)4/h6-8,12H,5H2,1-4H3. The van der Waals surface area contributed by atoms with E-state index in [2.05, 4.69) is 16.6 Å². The number of nitrogens with zero attached hydrogens (tertiary/aromatic N) is 1. The molecule has 86 valence electrons. The summed E-state index contributed by atoms with van der Waals surface area (Å²) in [7, 11) is 0. The van der Waals surface area contributed by atoms with Crippen LogP contribution in [0.4, 0.5) is 0 Å². The van der Waals surface area contributed by atoms with Gasteiger partial charge in [0.25, 0.3) is 0 Å². The number of thiazole rings is 1. The second-order valence-corrected chi connectivity index (χ2v) is 7.09. The lowest BCUT2D eigenvalue weighted by Gasteiger charge is -2.26. The normalized spacial score (nSPS) is 16.3. The fourth-order valence-electron chi connectivity index (χ4n) is 1.05. The maximum Gasteiger partial charge on any atom is 0.136 e. The summed E-state index contributed by atoms with van der Waals surface area (Å²) in [5.74, 6) is 0. The van der Waals surface area contributed by atoms with Crippen LogP contribution in [0.2, 0.25) is 0 Å². The maximum absolute atomic E-state index is 11.9. The average Bonchev–Trinajstić information content (AvgIpc) is 2.64. The van der Waals surface area contributed by atoms with E-state index in [0.717, 1.165) is 12.1 Å². The molecule has 1 rings (SSSR count). The van der Waals surface area contributed by atoms with Crippen molar-refractivity contribution in [3.8, 4) is 0 Å². The van der Waals surface area contributed by atoms with E-state index in [4.69, 9.17) is 0 Å². The molecule has 1 aromatic rings. The van der Waals surface area contributed by atoms with Gasteiger partial charge in [-0.25, -0.2) is 4.98 Å². The molecule has 0 aromatic carbocycles. The van der Waals surface area contributed by atoms with Crippen molar-refractivity contribution in [3.05, 3.63) is 16.6 Å². The SMILES string of the molecule is CCC(N[S+]([O-])C(C)(C)C)c1cscn1. The molecule has 0 amide bonds. The third kappa shape index (κ3) is 3.75. The van der Waals surface area contributed by atoms with Gasteiger partial charge in [-0.05, 0) is 27.2 Å². The molecule has 0 fully saturated rings. The summed E-state index contributed by atoms with van der Waals surface area (Å²) < 4.78 is 14.8. The molecule has 0 saturated carbocycles. The van der Waals surface area contributed by atoms with Crippen molar-refractivity contribution in [2.45, 2.75) is 44.9 Å². The predicted octanol–water partition coefficient (Wildman–Crippen LogP) is 2.65. The molecule has 1 aromatic heterocycles. The van der Waals surface area contributed by atoms with Crippen molar-refractivity contribution in [1.82, 2.24) is 9.71 Å². The maximum atomic E-state index is 11.9. The van der Waals surface area contributed by atoms with E-state index in [-0.39, 0.29) is 10.8 Å². The summed E-state index contributed by atoms with van der Waals surface area (Å²) in [5, 5.41) is 2.00. The highest BCUT2D eigenvalue weighted by Gasteiger charge is 2.29. The topological polar surface area (TPSA) is 48.0 Å². The first-order valence-corrected chi connectivity index (χ1v) is 7.10. The van der Waals surface area contributed by atoms with Gasteiger partial charge in [0.05, 0.1) is 17.2 Å². The Labute approximate surface area is 98.6 Å². The molecule has 0 aliphatic rings. The van der Waals surface area contributed by atoms with Gasteiger partial charge in [0.2, 0.25) is 0 Å². The second kappa shape index (κ2) is 5.30. The molecule has 2 unspecified atom stereocenters. The van der Waals surface area contributed by atoms with Crippen LogP contribution in [0, 0.1) is 0 Å². The van der Waals surface area contributed by atoms with Crippen LogP contribution in [0.15, 0.2) is 10.9 Å². The Morgan fingerprint density at radius 3 is 2.67 bits per heavy atom. The lowest BCUT2D eigenvalue weighted by Crippen LogP contribution is -2.41. The lowest BCUT2D eigenvalue weighted by molar-refractivity contribution is 0.515. The van der Waals surface area contributed by atoms with Crippen molar-refractivity contribution >= 4 is 22.7 Å². The fourth-order valence-corrected chi connectivity index (χ4v) is 2.56. The summed E-state index contributed by atoms with van der Waals surface area (Å²) >= 11 is 0.531. The Morgan fingerprint density at radius 2 is 2.27 bits per heavy atom. The molecule has 3 nitrogen and oxygen atoms in total. The van der Waals surface area contributed by atoms with Gasteiger partial charge in [0.15, 0.2) is 0 Å². The zero-order chi connectivity index (χ0) is 11.5. The zero-order valence-electron chi connectivity index (χ0n) is 9.61. The van der Waals surface area contributed by atoms with Crippen LogP contribution in [-0.2, 0) is 11.4 Å². The van der Waals surface area contributed by atoms with Crippen molar-refractivity contribution < 1.29 is 4.55 Å². The second-order valence-electron chi connectivity index (χ2n) is 4.37. The zero-order valence-corrected chi connectivity index (χ0v) is 11.2. The molecule has 1 N–H and O–H groups in total. The average molecular weight is 246 g/mol. The van der Waals surface area contributed by atoms with Crippen LogP contribution < -0.4 is 4.72 Å². The first-order chi connectivity index (χ1) is 6.95. The summed E-state index contributed by atoms with van der Waals surface area (Å²) in [6, 6.07) is 0.0938. The Balaban J connectivity index is 2.63. The van der Waals surface area contributed by atoms with E-state index in [0.29, 0.717) is 0 Å². The number of hydrogen-bond donors (Lipinski definition) is 1. The van der Waals surface area contributed by atoms with Gasteiger partial charge in [0.1, 0.15) is 4.75 Å². The highest BCUT2D eigenvalue weighted by molar-refractivity contribution is 7.90. The predicted molar refractivity (Wildman–Crippen MR) is 66.2 cm³/mol. The number of nitrogens with one attached hydrogen (secondary N) is 1. The summed E-state index contributed by atoms with van der Waals surface area (Å²) in [6.07, 6.45) is 0.894. The summed E-state index contributed by atoms with van der Waals surface area (Å²) in [6.45, 7) is 7.95. The van der Waals surface area contributed by atoms with Crippen LogP contribution >= 0.6 is 11.3 Å². The number of rotatable bonds is 4. The van der Waals surface area contributed by atoms with Crippen molar-refractivity contribution in [3.63, 3.8) is 0 Å². The molecule has 0 bridgehead atoms. The third-order valence-corrected chi connectivity index (χ3v) is 4.24. The van der Waals surface area contributed by atoms with E-state index in [9.17, 15) is 4.55 Å². The Kier molecular flexibility index (Phi) is 4.58. The van der Waals surface area contributed by atoms with Gasteiger partial charge in [-0.1, -0.05) is 6.92 Å². The molecule has 1 heterocycles. The van der Waals surface area contributed by atoms with E-state index in [1.807, 2.05) is 26.2 Å². The van der Waals surface area contributed by atoms with Gasteiger partial charge >= 0.3 is 0 Å². The first kappa shape index (κ1) is 13.0. The molecule has 5 heteroatoms. The Hall–Kier alpha value is -0.100. The quantitative estimate of drug-likeness (QED) is 0.831. The largest absolute Gasteiger partial charge is 0.598 e. The van der Waals surface area contributed by atoms with Crippen LogP contribution in [0.25, 0.3) is 0 Å². The molecule has 0 aliphatic carbocycles. The summed E-state index contributed by atoms with van der Waals surface area (Å²) in [5.41, 5.74) is 2.79. The van der Waals surface area contributed by atoms with Gasteiger partial charge in [-0.2, -0.15) is 0 Å². The van der Waals surface area contributed by atoms with Crippen molar-refractivity contribution in [2.24, 2.45) is 0 Å². The minimum absolute atomic E-state index is 0.0938. The van der Waals surface area contributed by atoms with Crippen LogP contribution in [0.3, 0.4) is 0 Å². The van der Waals surface area contributed by atoms with Crippen LogP contribution in [-0.4, -0.2) is 14.3 Å². The summed E-state index contributed by atoms with van der Waals surface area (Å²) in [4.78, 5) is 4.24. The van der Waals surface area contributed by atoms with E-state index >= 15 is 0 Å². The number of aromatic nitrogens is 1. The van der Waals surface area contributed by atoms with E-state index in [1.54, 1.807) is 16.8 Å². The third-order valence-electron chi connectivity index (χ3n) is 2.02. The molecule has 0 aliphatic heterocycles. The van der Waals surface area contributed by atoms with Crippen molar-refractivity contribution in [2.75, 3.05) is 0 Å². The van der Waals surface area contributed by atoms with Gasteiger partial charge in [-0.3, -0.25) is 0 Å². The van der Waals surface area contributed by atoms with Gasteiger partial charge in [0, 0.05) is 16.7 Å². The number of hydrogen-bond acceptors (Lipinski definition) is 4. The highest BCUT2D eigenvalue weighted by Crippen LogP contribution is 2.21. The molecular formula is C10H18N2OS2. The molecule has 15 heavy (non-hydrogen) atoms. The minimum Gasteiger partial charge on any atom is -0.598 e. The molecule has 2 atom stereocenters. The Bertz CT molecular complexity index is 282. The van der Waals surface area contributed by atoms with Crippen LogP contribution in [0.5, 0.6) is 0 Å². The first-order valence-electron chi connectivity index (χ1n) is 5.01. The molecule has 0 spiro atoms. The molecule has 0 radical (unpaired) electrons. The van der Waals surface area contributed by atoms with Crippen LogP contribution in [0.1, 0.15) is 45.9 Å². The van der Waals surface area contributed by atoms with Gasteiger partial charge < -0.3 is 4.55 Å². The Morgan fingerprint density at radius 1 is 1.60 bits per heavy atom. The molecular weight excluding hydrogens is 228 g/mol.